The molecule has 1 N–H and O–H groups in total. The molecule has 1 heterocycles. The summed E-state index contributed by atoms with van der Waals surface area (Å²) in [4.78, 5) is 38.8. The normalized spacial score (nSPS) is 18.5. The lowest BCUT2D eigenvalue weighted by Crippen LogP contribution is -2.51. The van der Waals surface area contributed by atoms with Crippen molar-refractivity contribution in [1.82, 2.24) is 4.90 Å². The van der Waals surface area contributed by atoms with Crippen LogP contribution in [0.1, 0.15) is 64.2 Å². The Balaban J connectivity index is 2.31. The number of methoxy groups -OCH3 is 1. The third kappa shape index (κ3) is 5.04. The van der Waals surface area contributed by atoms with E-state index in [0.29, 0.717) is 19.4 Å². The zero-order chi connectivity index (χ0) is 22.7. The van der Waals surface area contributed by atoms with Gasteiger partial charge in [-0.15, -0.1) is 0 Å². The Morgan fingerprint density at radius 1 is 1.17 bits per heavy atom. The van der Waals surface area contributed by atoms with Gasteiger partial charge in [0.25, 0.3) is 0 Å². The van der Waals surface area contributed by atoms with Crippen LogP contribution in [-0.4, -0.2) is 53.3 Å². The summed E-state index contributed by atoms with van der Waals surface area (Å²) in [6.45, 7) is 9.51. The van der Waals surface area contributed by atoms with Gasteiger partial charge in [0, 0.05) is 6.54 Å². The number of likely N-dealkylation sites (tertiary alicyclic amines) is 1. The van der Waals surface area contributed by atoms with E-state index in [1.165, 1.54) is 25.3 Å². The van der Waals surface area contributed by atoms with E-state index in [9.17, 15) is 19.5 Å². The highest BCUT2D eigenvalue weighted by Crippen LogP contribution is 2.39. The van der Waals surface area contributed by atoms with Gasteiger partial charge in [0.1, 0.15) is 5.60 Å². The van der Waals surface area contributed by atoms with Gasteiger partial charge in [0.15, 0.2) is 11.5 Å². The van der Waals surface area contributed by atoms with Crippen molar-refractivity contribution in [1.29, 1.82) is 0 Å². The summed E-state index contributed by atoms with van der Waals surface area (Å²) in [6, 6.07) is 3.69. The first-order valence-corrected chi connectivity index (χ1v) is 10.1. The molecule has 0 aromatic heterocycles. The Bertz CT molecular complexity index is 814. The third-order valence-electron chi connectivity index (χ3n) is 5.43. The van der Waals surface area contributed by atoms with Crippen molar-refractivity contribution in [2.45, 2.75) is 65.5 Å². The summed E-state index contributed by atoms with van der Waals surface area (Å²) in [6.07, 6.45) is 1.37. The van der Waals surface area contributed by atoms with Gasteiger partial charge < -0.3 is 24.2 Å². The largest absolute Gasteiger partial charge is 0.493 e. The van der Waals surface area contributed by atoms with Gasteiger partial charge in [-0.25, -0.2) is 9.59 Å². The molecular weight excluding hydrogens is 390 g/mol. The topological polar surface area (TPSA) is 102 Å². The molecule has 0 aliphatic carbocycles. The van der Waals surface area contributed by atoms with Crippen LogP contribution in [-0.2, 0) is 9.53 Å². The Hall–Kier alpha value is -2.77. The van der Waals surface area contributed by atoms with E-state index in [0.717, 1.165) is 6.42 Å². The fourth-order valence-corrected chi connectivity index (χ4v) is 3.59. The highest BCUT2D eigenvalue weighted by molar-refractivity contribution is 5.89. The van der Waals surface area contributed by atoms with Gasteiger partial charge in [0.05, 0.1) is 24.1 Å². The number of esters is 1. The number of rotatable bonds is 6. The number of carboxylic acid groups (broad SMARTS) is 1. The average molecular weight is 421 g/mol. The first-order valence-electron chi connectivity index (χ1n) is 10.1. The standard InChI is InChI=1S/C22H31NO7/c1-7-22(5,17-9-8-12-23(17)20(27)30-21(2,3)4)19(26)29-16-13-14(18(24)25)10-11-15(16)28-6/h10-11,13,17H,7-9,12H2,1-6H3,(H,24,25). The van der Waals surface area contributed by atoms with E-state index in [2.05, 4.69) is 0 Å². The molecule has 30 heavy (non-hydrogen) atoms. The Labute approximate surface area is 177 Å². The molecule has 0 radical (unpaired) electrons. The number of benzene rings is 1. The smallest absolute Gasteiger partial charge is 0.410 e. The first-order chi connectivity index (χ1) is 13.9. The van der Waals surface area contributed by atoms with E-state index in [4.69, 9.17) is 14.2 Å². The third-order valence-corrected chi connectivity index (χ3v) is 5.43. The summed E-state index contributed by atoms with van der Waals surface area (Å²) in [5, 5.41) is 9.23. The van der Waals surface area contributed by atoms with Gasteiger partial charge >= 0.3 is 18.0 Å². The van der Waals surface area contributed by atoms with Gasteiger partial charge in [-0.05, 0) is 65.2 Å². The van der Waals surface area contributed by atoms with Crippen molar-refractivity contribution in [2.24, 2.45) is 5.41 Å². The second-order valence-electron chi connectivity index (χ2n) is 8.66. The lowest BCUT2D eigenvalue weighted by molar-refractivity contribution is -0.148. The Morgan fingerprint density at radius 3 is 2.37 bits per heavy atom. The molecule has 166 valence electrons. The predicted octanol–water partition coefficient (Wildman–Crippen LogP) is 4.11. The molecule has 1 aromatic carbocycles. The Kier molecular flexibility index (Phi) is 7.00. The number of hydrogen-bond acceptors (Lipinski definition) is 6. The molecule has 0 saturated carbocycles. The summed E-state index contributed by atoms with van der Waals surface area (Å²) in [5.74, 6) is -1.41. The van der Waals surface area contributed by atoms with E-state index in [1.807, 2.05) is 6.92 Å². The summed E-state index contributed by atoms with van der Waals surface area (Å²) >= 11 is 0. The van der Waals surface area contributed by atoms with Crippen LogP contribution in [0.2, 0.25) is 0 Å². The van der Waals surface area contributed by atoms with Crippen LogP contribution in [0.5, 0.6) is 11.5 Å². The molecule has 1 aromatic rings. The monoisotopic (exact) mass is 421 g/mol. The zero-order valence-electron chi connectivity index (χ0n) is 18.5. The molecule has 1 fully saturated rings. The second kappa shape index (κ2) is 8.93. The van der Waals surface area contributed by atoms with E-state index >= 15 is 0 Å². The number of ether oxygens (including phenoxy) is 3. The summed E-state index contributed by atoms with van der Waals surface area (Å²) in [5.41, 5.74) is -1.66. The first kappa shape index (κ1) is 23.5. The van der Waals surface area contributed by atoms with E-state index < -0.39 is 35.1 Å². The van der Waals surface area contributed by atoms with Crippen molar-refractivity contribution in [3.63, 3.8) is 0 Å². The SMILES string of the molecule is CCC(C)(C(=O)Oc1cc(C(=O)O)ccc1OC)C1CCCN1C(=O)OC(C)(C)C. The number of amides is 1. The maximum Gasteiger partial charge on any atom is 0.410 e. The van der Waals surface area contributed by atoms with E-state index in [1.54, 1.807) is 32.6 Å². The van der Waals surface area contributed by atoms with Crippen LogP contribution in [0.25, 0.3) is 0 Å². The summed E-state index contributed by atoms with van der Waals surface area (Å²) in [7, 11) is 1.41. The van der Waals surface area contributed by atoms with E-state index in [-0.39, 0.29) is 17.1 Å². The minimum atomic E-state index is -1.14. The lowest BCUT2D eigenvalue weighted by atomic mass is 9.78. The number of carboxylic acids is 1. The summed E-state index contributed by atoms with van der Waals surface area (Å²) < 4.78 is 16.3. The lowest BCUT2D eigenvalue weighted by Gasteiger charge is -2.38. The van der Waals surface area contributed by atoms with Gasteiger partial charge in [-0.2, -0.15) is 0 Å². The van der Waals surface area contributed by atoms with Crippen molar-refractivity contribution >= 4 is 18.0 Å². The molecule has 2 rings (SSSR count). The zero-order valence-corrected chi connectivity index (χ0v) is 18.5. The van der Waals surface area contributed by atoms with Crippen LogP contribution in [0, 0.1) is 5.41 Å². The molecular formula is C22H31NO7. The minimum Gasteiger partial charge on any atom is -0.493 e. The van der Waals surface area contributed by atoms with Gasteiger partial charge in [-0.1, -0.05) is 6.92 Å². The number of carbonyl (C=O) groups is 3. The molecule has 1 amide bonds. The number of carbonyl (C=O) groups excluding carboxylic acids is 2. The van der Waals surface area contributed by atoms with Crippen LogP contribution < -0.4 is 9.47 Å². The minimum absolute atomic E-state index is 0.0203. The van der Waals surface area contributed by atoms with Crippen molar-refractivity contribution in [3.05, 3.63) is 23.8 Å². The number of hydrogen-bond donors (Lipinski definition) is 1. The molecule has 8 nitrogen and oxygen atoms in total. The van der Waals surface area contributed by atoms with Crippen LogP contribution in [0.3, 0.4) is 0 Å². The van der Waals surface area contributed by atoms with Gasteiger partial charge in [0.2, 0.25) is 0 Å². The molecule has 1 aliphatic heterocycles. The quantitative estimate of drug-likeness (QED) is 0.544. The highest BCUT2D eigenvalue weighted by atomic mass is 16.6. The molecule has 2 atom stereocenters. The van der Waals surface area contributed by atoms with Crippen molar-refractivity contribution in [2.75, 3.05) is 13.7 Å². The molecule has 0 spiro atoms. The Morgan fingerprint density at radius 2 is 1.83 bits per heavy atom. The van der Waals surface area contributed by atoms with Crippen LogP contribution in [0.15, 0.2) is 18.2 Å². The fraction of sp³-hybridized carbons (Fsp3) is 0.591. The van der Waals surface area contributed by atoms with Crippen LogP contribution >= 0.6 is 0 Å². The van der Waals surface area contributed by atoms with Crippen molar-refractivity contribution in [3.8, 4) is 11.5 Å². The van der Waals surface area contributed by atoms with Crippen molar-refractivity contribution < 1.29 is 33.7 Å². The molecule has 0 bridgehead atoms. The fourth-order valence-electron chi connectivity index (χ4n) is 3.59. The van der Waals surface area contributed by atoms with Gasteiger partial charge in [-0.3, -0.25) is 4.79 Å². The maximum absolute atomic E-state index is 13.3. The molecule has 2 unspecified atom stereocenters. The predicted molar refractivity (Wildman–Crippen MR) is 110 cm³/mol. The average Bonchev–Trinajstić information content (AvgIpc) is 3.16. The maximum atomic E-state index is 13.3. The second-order valence-corrected chi connectivity index (χ2v) is 8.66. The number of aromatic carboxylic acids is 1. The molecule has 8 heteroatoms. The molecule has 1 aliphatic rings. The highest BCUT2D eigenvalue weighted by Gasteiger charge is 2.49. The van der Waals surface area contributed by atoms with Crippen LogP contribution in [0.4, 0.5) is 4.79 Å². The molecule has 1 saturated heterocycles. The number of nitrogens with zero attached hydrogens (tertiary/aromatic N) is 1.